The van der Waals surface area contributed by atoms with Gasteiger partial charge in [0, 0.05) is 38.3 Å². The van der Waals surface area contributed by atoms with E-state index in [1.54, 1.807) is 11.1 Å². The minimum atomic E-state index is -0.00500. The fraction of sp³-hybridized carbons (Fsp3) is 0.353. The van der Waals surface area contributed by atoms with Crippen LogP contribution in [-0.2, 0) is 4.79 Å². The highest BCUT2D eigenvalue weighted by Gasteiger charge is 2.38. The number of anilines is 1. The molecule has 8 heteroatoms. The molecule has 0 aromatic carbocycles. The molecule has 0 aliphatic carbocycles. The molecule has 3 aromatic heterocycles. The number of amides is 1. The third-order valence-electron chi connectivity index (χ3n) is 4.69. The number of aromatic nitrogens is 4. The summed E-state index contributed by atoms with van der Waals surface area (Å²) in [6, 6.07) is 3.90. The third kappa shape index (κ3) is 2.69. The topological polar surface area (TPSA) is 97.0 Å². The first kappa shape index (κ1) is 15.5. The average Bonchev–Trinajstić information content (AvgIpc) is 3.15. The molecule has 0 unspecified atom stereocenters. The molecule has 1 aliphatic heterocycles. The zero-order valence-electron chi connectivity index (χ0n) is 14.0. The lowest BCUT2D eigenvalue weighted by atomic mass is 9.94. The molecular formula is C17H18N6O2. The molecule has 4 rings (SSSR count). The van der Waals surface area contributed by atoms with Gasteiger partial charge in [-0.05, 0) is 18.6 Å². The predicted octanol–water partition coefficient (Wildman–Crippen LogP) is 1.95. The molecule has 0 radical (unpaired) electrons. The highest BCUT2D eigenvalue weighted by molar-refractivity contribution is 5.87. The van der Waals surface area contributed by atoms with Gasteiger partial charge in [0.25, 0.3) is 5.71 Å². The molecular weight excluding hydrogens is 320 g/mol. The molecule has 2 atom stereocenters. The van der Waals surface area contributed by atoms with E-state index < -0.39 is 0 Å². The van der Waals surface area contributed by atoms with E-state index in [-0.39, 0.29) is 17.9 Å². The van der Waals surface area contributed by atoms with Crippen LogP contribution in [0.3, 0.4) is 0 Å². The van der Waals surface area contributed by atoms with Crippen molar-refractivity contribution < 1.29 is 9.32 Å². The van der Waals surface area contributed by atoms with Crippen molar-refractivity contribution in [3.63, 3.8) is 0 Å². The molecule has 3 aromatic rings. The number of likely N-dealkylation sites (tertiary alicyclic amines) is 1. The smallest absolute Gasteiger partial charge is 0.263 e. The van der Waals surface area contributed by atoms with E-state index in [1.807, 2.05) is 32.3 Å². The highest BCUT2D eigenvalue weighted by Crippen LogP contribution is 2.37. The summed E-state index contributed by atoms with van der Waals surface area (Å²) in [5.41, 5.74) is 2.23. The lowest BCUT2D eigenvalue weighted by molar-refractivity contribution is -0.127. The van der Waals surface area contributed by atoms with Crippen LogP contribution in [0.5, 0.6) is 0 Å². The van der Waals surface area contributed by atoms with E-state index in [0.717, 1.165) is 16.6 Å². The number of carbonyl (C=O) groups is 1. The molecule has 0 saturated carbocycles. The van der Waals surface area contributed by atoms with E-state index >= 15 is 0 Å². The molecule has 1 saturated heterocycles. The zero-order chi connectivity index (χ0) is 17.4. The Bertz CT molecular complexity index is 910. The summed E-state index contributed by atoms with van der Waals surface area (Å²) < 4.78 is 5.17. The first-order chi connectivity index (χ1) is 12.1. The van der Waals surface area contributed by atoms with E-state index in [9.17, 15) is 4.79 Å². The molecule has 25 heavy (non-hydrogen) atoms. The minimum absolute atomic E-state index is 0.00500. The molecule has 1 N–H and O–H groups in total. The molecule has 1 amide bonds. The van der Waals surface area contributed by atoms with Gasteiger partial charge in [-0.25, -0.2) is 4.98 Å². The number of nitrogens with one attached hydrogen (secondary N) is 1. The van der Waals surface area contributed by atoms with Gasteiger partial charge in [-0.3, -0.25) is 9.78 Å². The van der Waals surface area contributed by atoms with Crippen LogP contribution in [0, 0.1) is 12.8 Å². The summed E-state index contributed by atoms with van der Waals surface area (Å²) in [5, 5.41) is 8.06. The SMILES string of the molecule is Cc1noc2ncnc(NC[C@@H]3CC(=O)N(C)[C@H]3c3cccnc3)c12. The second-order valence-corrected chi connectivity index (χ2v) is 6.25. The van der Waals surface area contributed by atoms with Crippen molar-refractivity contribution in [3.05, 3.63) is 42.1 Å². The van der Waals surface area contributed by atoms with E-state index in [0.29, 0.717) is 24.5 Å². The van der Waals surface area contributed by atoms with Gasteiger partial charge >= 0.3 is 0 Å². The van der Waals surface area contributed by atoms with Crippen molar-refractivity contribution in [2.45, 2.75) is 19.4 Å². The summed E-state index contributed by atoms with van der Waals surface area (Å²) in [7, 11) is 1.84. The van der Waals surface area contributed by atoms with Crippen LogP contribution >= 0.6 is 0 Å². The lowest BCUT2D eigenvalue weighted by Gasteiger charge is -2.25. The Morgan fingerprint density at radius 2 is 2.28 bits per heavy atom. The van der Waals surface area contributed by atoms with Crippen LogP contribution in [0.2, 0.25) is 0 Å². The predicted molar refractivity (Wildman–Crippen MR) is 90.7 cm³/mol. The van der Waals surface area contributed by atoms with Crippen molar-refractivity contribution >= 4 is 22.8 Å². The molecule has 1 aliphatic rings. The van der Waals surface area contributed by atoms with Gasteiger partial charge in [-0.1, -0.05) is 11.2 Å². The fourth-order valence-electron chi connectivity index (χ4n) is 3.47. The summed E-state index contributed by atoms with van der Waals surface area (Å²) >= 11 is 0. The Morgan fingerprint density at radius 3 is 3.08 bits per heavy atom. The van der Waals surface area contributed by atoms with Crippen molar-refractivity contribution in [1.82, 2.24) is 25.0 Å². The number of rotatable bonds is 4. The lowest BCUT2D eigenvalue weighted by Crippen LogP contribution is -2.26. The standard InChI is InChI=1S/C17H18N6O2/c1-10-14-16(20-9-21-17(14)25-22-10)19-8-12-6-13(24)23(2)15(12)11-4-3-5-18-7-11/h3-5,7,9,12,15H,6,8H2,1-2H3,(H,19,20,21)/t12-,15-/m0/s1. The van der Waals surface area contributed by atoms with Gasteiger partial charge in [0.05, 0.1) is 11.7 Å². The number of pyridine rings is 1. The third-order valence-corrected chi connectivity index (χ3v) is 4.69. The van der Waals surface area contributed by atoms with Gasteiger partial charge in [0.1, 0.15) is 17.5 Å². The van der Waals surface area contributed by atoms with Crippen LogP contribution in [0.15, 0.2) is 35.4 Å². The largest absolute Gasteiger partial charge is 0.369 e. The Hall–Kier alpha value is -3.03. The van der Waals surface area contributed by atoms with Crippen LogP contribution in [-0.4, -0.2) is 44.5 Å². The van der Waals surface area contributed by atoms with E-state index in [1.165, 1.54) is 6.33 Å². The maximum absolute atomic E-state index is 12.2. The van der Waals surface area contributed by atoms with Crippen LogP contribution in [0.4, 0.5) is 5.82 Å². The first-order valence-electron chi connectivity index (χ1n) is 8.11. The maximum atomic E-state index is 12.2. The minimum Gasteiger partial charge on any atom is -0.369 e. The summed E-state index contributed by atoms with van der Waals surface area (Å²) in [6.45, 7) is 2.46. The Morgan fingerprint density at radius 1 is 1.40 bits per heavy atom. The summed E-state index contributed by atoms with van der Waals surface area (Å²) in [6.07, 6.45) is 5.49. The quantitative estimate of drug-likeness (QED) is 0.776. The number of hydrogen-bond donors (Lipinski definition) is 1. The molecule has 0 spiro atoms. The number of hydrogen-bond acceptors (Lipinski definition) is 7. The van der Waals surface area contributed by atoms with Gasteiger partial charge < -0.3 is 14.7 Å². The fourth-order valence-corrected chi connectivity index (χ4v) is 3.47. The van der Waals surface area contributed by atoms with Gasteiger partial charge in [0.2, 0.25) is 5.91 Å². The second-order valence-electron chi connectivity index (χ2n) is 6.25. The number of aryl methyl sites for hydroxylation is 1. The molecule has 128 valence electrons. The van der Waals surface area contributed by atoms with Crippen molar-refractivity contribution in [2.75, 3.05) is 18.9 Å². The summed E-state index contributed by atoms with van der Waals surface area (Å²) in [5.74, 6) is 0.928. The van der Waals surface area contributed by atoms with Crippen molar-refractivity contribution in [3.8, 4) is 0 Å². The van der Waals surface area contributed by atoms with Crippen molar-refractivity contribution in [2.24, 2.45) is 5.92 Å². The van der Waals surface area contributed by atoms with Crippen LogP contribution in [0.1, 0.15) is 23.7 Å². The zero-order valence-corrected chi connectivity index (χ0v) is 14.0. The Labute approximate surface area is 144 Å². The molecule has 8 nitrogen and oxygen atoms in total. The molecule has 0 bridgehead atoms. The number of fused-ring (bicyclic) bond motifs is 1. The molecule has 4 heterocycles. The van der Waals surface area contributed by atoms with Crippen LogP contribution < -0.4 is 5.32 Å². The monoisotopic (exact) mass is 338 g/mol. The van der Waals surface area contributed by atoms with Gasteiger partial charge in [-0.15, -0.1) is 0 Å². The number of nitrogens with zero attached hydrogens (tertiary/aromatic N) is 5. The Kier molecular flexibility index (Phi) is 3.79. The van der Waals surface area contributed by atoms with Crippen molar-refractivity contribution in [1.29, 1.82) is 0 Å². The summed E-state index contributed by atoms with van der Waals surface area (Å²) in [4.78, 5) is 26.6. The maximum Gasteiger partial charge on any atom is 0.263 e. The molecule has 1 fully saturated rings. The Balaban J connectivity index is 1.59. The van der Waals surface area contributed by atoms with E-state index in [4.69, 9.17) is 4.52 Å². The number of carbonyl (C=O) groups excluding carboxylic acids is 1. The van der Waals surface area contributed by atoms with Gasteiger partial charge in [0.15, 0.2) is 0 Å². The first-order valence-corrected chi connectivity index (χ1v) is 8.11. The highest BCUT2D eigenvalue weighted by atomic mass is 16.5. The second kappa shape index (κ2) is 6.12. The van der Waals surface area contributed by atoms with Gasteiger partial charge in [-0.2, -0.15) is 4.98 Å². The average molecular weight is 338 g/mol. The van der Waals surface area contributed by atoms with E-state index in [2.05, 4.69) is 25.4 Å². The normalized spacial score (nSPS) is 20.4. The van der Waals surface area contributed by atoms with Crippen LogP contribution in [0.25, 0.3) is 11.1 Å².